The van der Waals surface area contributed by atoms with Gasteiger partial charge in [0, 0.05) is 23.9 Å². The van der Waals surface area contributed by atoms with E-state index in [2.05, 4.69) is 12.2 Å². The van der Waals surface area contributed by atoms with E-state index in [0.29, 0.717) is 23.3 Å². The first-order valence-corrected chi connectivity index (χ1v) is 7.78. The van der Waals surface area contributed by atoms with E-state index in [-0.39, 0.29) is 0 Å². The minimum absolute atomic E-state index is 0.534. The minimum Gasteiger partial charge on any atom is -0.493 e. The van der Waals surface area contributed by atoms with Crippen LogP contribution in [0, 0.1) is 5.92 Å². The van der Waals surface area contributed by atoms with E-state index >= 15 is 0 Å². The molecule has 1 aromatic rings. The van der Waals surface area contributed by atoms with Gasteiger partial charge in [0.2, 0.25) is 5.75 Å². The molecule has 0 radical (unpaired) electrons. The van der Waals surface area contributed by atoms with Gasteiger partial charge in [-0.05, 0) is 18.8 Å². The van der Waals surface area contributed by atoms with Gasteiger partial charge in [-0.1, -0.05) is 26.2 Å². The molecule has 1 aromatic carbocycles. The Labute approximate surface area is 127 Å². The molecule has 0 bridgehead atoms. The molecule has 1 aliphatic carbocycles. The normalized spacial score (nSPS) is 21.7. The van der Waals surface area contributed by atoms with Crippen molar-refractivity contribution >= 4 is 5.69 Å². The quantitative estimate of drug-likeness (QED) is 0.857. The molecular weight excluding hydrogens is 266 g/mol. The van der Waals surface area contributed by atoms with Crippen molar-refractivity contribution in [1.29, 1.82) is 0 Å². The van der Waals surface area contributed by atoms with E-state index in [0.717, 1.165) is 11.6 Å². The number of anilines is 1. The zero-order chi connectivity index (χ0) is 15.2. The molecule has 0 aromatic heterocycles. The van der Waals surface area contributed by atoms with E-state index in [1.807, 2.05) is 12.1 Å². The van der Waals surface area contributed by atoms with Crippen LogP contribution in [0.5, 0.6) is 17.2 Å². The van der Waals surface area contributed by atoms with Crippen molar-refractivity contribution in [3.05, 3.63) is 12.1 Å². The zero-order valence-corrected chi connectivity index (χ0v) is 13.6. The molecular formula is C17H27NO3. The lowest BCUT2D eigenvalue weighted by atomic mass is 9.84. The summed E-state index contributed by atoms with van der Waals surface area (Å²) in [4.78, 5) is 0. The van der Waals surface area contributed by atoms with Gasteiger partial charge in [0.05, 0.1) is 21.3 Å². The van der Waals surface area contributed by atoms with Crippen LogP contribution >= 0.6 is 0 Å². The molecule has 1 aliphatic rings. The standard InChI is InChI=1S/C17H27NO3/c1-5-12-7-6-8-13(9-12)18-14-10-15(19-2)17(21-4)16(11-14)20-3/h10-13,18H,5-9H2,1-4H3. The first kappa shape index (κ1) is 15.8. The highest BCUT2D eigenvalue weighted by molar-refractivity contribution is 5.62. The number of hydrogen-bond acceptors (Lipinski definition) is 4. The smallest absolute Gasteiger partial charge is 0.203 e. The largest absolute Gasteiger partial charge is 0.493 e. The van der Waals surface area contributed by atoms with Gasteiger partial charge < -0.3 is 19.5 Å². The molecule has 2 atom stereocenters. The summed E-state index contributed by atoms with van der Waals surface area (Å²) in [5.74, 6) is 2.88. The monoisotopic (exact) mass is 293 g/mol. The van der Waals surface area contributed by atoms with Crippen molar-refractivity contribution < 1.29 is 14.2 Å². The molecule has 21 heavy (non-hydrogen) atoms. The zero-order valence-electron chi connectivity index (χ0n) is 13.6. The Hall–Kier alpha value is -1.58. The van der Waals surface area contributed by atoms with E-state index in [1.165, 1.54) is 32.1 Å². The highest BCUT2D eigenvalue weighted by Crippen LogP contribution is 2.40. The topological polar surface area (TPSA) is 39.7 Å². The van der Waals surface area contributed by atoms with E-state index < -0.39 is 0 Å². The van der Waals surface area contributed by atoms with Crippen LogP contribution < -0.4 is 19.5 Å². The number of methoxy groups -OCH3 is 3. The number of hydrogen-bond donors (Lipinski definition) is 1. The maximum atomic E-state index is 5.41. The first-order valence-electron chi connectivity index (χ1n) is 7.78. The van der Waals surface area contributed by atoms with Crippen molar-refractivity contribution in [3.8, 4) is 17.2 Å². The van der Waals surface area contributed by atoms with E-state index in [9.17, 15) is 0 Å². The molecule has 0 heterocycles. The van der Waals surface area contributed by atoms with Crippen LogP contribution in [0.25, 0.3) is 0 Å². The predicted molar refractivity (Wildman–Crippen MR) is 85.8 cm³/mol. The summed E-state index contributed by atoms with van der Waals surface area (Å²) in [6.07, 6.45) is 6.41. The fourth-order valence-corrected chi connectivity index (χ4v) is 3.19. The SMILES string of the molecule is CCC1CCCC(Nc2cc(OC)c(OC)c(OC)c2)C1. The fraction of sp³-hybridized carbons (Fsp3) is 0.647. The number of ether oxygens (including phenoxy) is 3. The predicted octanol–water partition coefficient (Wildman–Crippen LogP) is 4.09. The van der Waals surface area contributed by atoms with Gasteiger partial charge in [0.1, 0.15) is 0 Å². The second-order valence-corrected chi connectivity index (χ2v) is 5.70. The molecule has 4 nitrogen and oxygen atoms in total. The Balaban J connectivity index is 2.16. The third-order valence-electron chi connectivity index (χ3n) is 4.40. The van der Waals surface area contributed by atoms with Crippen molar-refractivity contribution in [2.75, 3.05) is 26.6 Å². The highest BCUT2D eigenvalue weighted by atomic mass is 16.5. The lowest BCUT2D eigenvalue weighted by Crippen LogP contribution is -2.27. The molecule has 1 fully saturated rings. The van der Waals surface area contributed by atoms with Crippen LogP contribution in [0.1, 0.15) is 39.0 Å². The van der Waals surface area contributed by atoms with E-state index in [1.54, 1.807) is 21.3 Å². The van der Waals surface area contributed by atoms with Crippen LogP contribution in [0.4, 0.5) is 5.69 Å². The van der Waals surface area contributed by atoms with Gasteiger partial charge in [-0.2, -0.15) is 0 Å². The van der Waals surface area contributed by atoms with Gasteiger partial charge >= 0.3 is 0 Å². The third kappa shape index (κ3) is 3.74. The molecule has 0 spiro atoms. The van der Waals surface area contributed by atoms with E-state index in [4.69, 9.17) is 14.2 Å². The van der Waals surface area contributed by atoms with Crippen LogP contribution in [0.3, 0.4) is 0 Å². The second-order valence-electron chi connectivity index (χ2n) is 5.70. The Morgan fingerprint density at radius 1 is 1.05 bits per heavy atom. The van der Waals surface area contributed by atoms with Crippen LogP contribution in [-0.4, -0.2) is 27.4 Å². The van der Waals surface area contributed by atoms with Crippen molar-refractivity contribution in [3.63, 3.8) is 0 Å². The molecule has 4 heteroatoms. The van der Waals surface area contributed by atoms with Gasteiger partial charge in [0.15, 0.2) is 11.5 Å². The summed E-state index contributed by atoms with van der Waals surface area (Å²) < 4.78 is 16.2. The summed E-state index contributed by atoms with van der Waals surface area (Å²) in [7, 11) is 4.92. The van der Waals surface area contributed by atoms with Crippen LogP contribution in [0.15, 0.2) is 12.1 Å². The van der Waals surface area contributed by atoms with Gasteiger partial charge in [-0.3, -0.25) is 0 Å². The lowest BCUT2D eigenvalue weighted by molar-refractivity contribution is 0.322. The summed E-state index contributed by atoms with van der Waals surface area (Å²) in [5.41, 5.74) is 1.03. The Kier molecular flexibility index (Phi) is 5.59. The maximum Gasteiger partial charge on any atom is 0.203 e. The average Bonchev–Trinajstić information content (AvgIpc) is 2.53. The van der Waals surface area contributed by atoms with Crippen LogP contribution in [-0.2, 0) is 0 Å². The molecule has 2 rings (SSSR count). The summed E-state index contributed by atoms with van der Waals surface area (Å²) in [5, 5.41) is 3.63. The minimum atomic E-state index is 0.534. The second kappa shape index (κ2) is 7.43. The number of nitrogens with one attached hydrogen (secondary N) is 1. The van der Waals surface area contributed by atoms with Crippen molar-refractivity contribution in [2.45, 2.75) is 45.1 Å². The number of rotatable bonds is 6. The molecule has 118 valence electrons. The highest BCUT2D eigenvalue weighted by Gasteiger charge is 2.21. The van der Waals surface area contributed by atoms with Crippen molar-refractivity contribution in [1.82, 2.24) is 0 Å². The molecule has 0 aliphatic heterocycles. The van der Waals surface area contributed by atoms with Gasteiger partial charge in [-0.15, -0.1) is 0 Å². The number of benzene rings is 1. The average molecular weight is 293 g/mol. The molecule has 2 unspecified atom stereocenters. The summed E-state index contributed by atoms with van der Waals surface area (Å²) >= 11 is 0. The molecule has 1 saturated carbocycles. The Morgan fingerprint density at radius 3 is 2.24 bits per heavy atom. The molecule has 1 N–H and O–H groups in total. The lowest BCUT2D eigenvalue weighted by Gasteiger charge is -2.30. The Bertz CT molecular complexity index is 436. The third-order valence-corrected chi connectivity index (χ3v) is 4.40. The maximum absolute atomic E-state index is 5.41. The summed E-state index contributed by atoms with van der Waals surface area (Å²) in [6.45, 7) is 2.28. The van der Waals surface area contributed by atoms with Gasteiger partial charge in [0.25, 0.3) is 0 Å². The van der Waals surface area contributed by atoms with Crippen LogP contribution in [0.2, 0.25) is 0 Å². The molecule has 0 saturated heterocycles. The fourth-order valence-electron chi connectivity index (χ4n) is 3.19. The first-order chi connectivity index (χ1) is 10.2. The Morgan fingerprint density at radius 2 is 1.71 bits per heavy atom. The van der Waals surface area contributed by atoms with Crippen molar-refractivity contribution in [2.24, 2.45) is 5.92 Å². The molecule has 0 amide bonds. The van der Waals surface area contributed by atoms with Gasteiger partial charge in [-0.25, -0.2) is 0 Å². The summed E-state index contributed by atoms with van der Waals surface area (Å²) in [6, 6.07) is 4.50.